The van der Waals surface area contributed by atoms with Crippen LogP contribution in [0.25, 0.3) is 16.8 Å². The van der Waals surface area contributed by atoms with Crippen molar-refractivity contribution in [1.29, 1.82) is 0 Å². The topological polar surface area (TPSA) is 85.0 Å². The fraction of sp³-hybridized carbons (Fsp3) is 0.694. The second-order valence-electron chi connectivity index (χ2n) is 16.5. The summed E-state index contributed by atoms with van der Waals surface area (Å²) in [5.41, 5.74) is 3.71. The second kappa shape index (κ2) is 14.6. The van der Waals surface area contributed by atoms with Gasteiger partial charge in [-0.3, -0.25) is 4.98 Å². The Bertz CT molecular complexity index is 1390. The number of aromatic nitrogens is 4. The molecule has 0 unspecified atom stereocenters. The van der Waals surface area contributed by atoms with E-state index in [4.69, 9.17) is 24.5 Å². The van der Waals surface area contributed by atoms with Gasteiger partial charge in [-0.05, 0) is 62.1 Å². The zero-order valence-electron chi connectivity index (χ0n) is 29.8. The fourth-order valence-electron chi connectivity index (χ4n) is 7.07. The Hall–Kier alpha value is -2.12. The minimum absolute atomic E-state index is 0.448. The SMILES string of the molecule is CCC(O)(CC)c1ccc(-c2cnn3c(N(COCC[Si](C)(C)C)COCC[Si](C)(C)C)cc([C@H]4C[C@@H]5CC[C@@H](C5)C4)nc23)cn1. The molecule has 0 aliphatic heterocycles. The predicted molar refractivity (Wildman–Crippen MR) is 194 cm³/mol. The number of hydrogen-bond donors (Lipinski definition) is 1. The van der Waals surface area contributed by atoms with Crippen LogP contribution < -0.4 is 4.90 Å². The highest BCUT2D eigenvalue weighted by Crippen LogP contribution is 2.48. The molecule has 0 radical (unpaired) electrons. The number of rotatable bonds is 16. The third-order valence-corrected chi connectivity index (χ3v) is 13.7. The van der Waals surface area contributed by atoms with Crippen molar-refractivity contribution >= 4 is 27.6 Å². The highest BCUT2D eigenvalue weighted by molar-refractivity contribution is 6.76. The van der Waals surface area contributed by atoms with Crippen LogP contribution >= 0.6 is 0 Å². The monoisotopic (exact) mass is 665 g/mol. The third-order valence-electron chi connectivity index (χ3n) is 10.3. The zero-order valence-corrected chi connectivity index (χ0v) is 31.8. The molecule has 3 aromatic rings. The maximum Gasteiger partial charge on any atom is 0.165 e. The lowest BCUT2D eigenvalue weighted by molar-refractivity contribution is 0.0240. The summed E-state index contributed by atoms with van der Waals surface area (Å²) >= 11 is 0. The Morgan fingerprint density at radius 1 is 0.891 bits per heavy atom. The first kappa shape index (κ1) is 35.2. The quantitative estimate of drug-likeness (QED) is 0.0933. The smallest absolute Gasteiger partial charge is 0.165 e. The Balaban J connectivity index is 1.52. The van der Waals surface area contributed by atoms with Crippen LogP contribution in [0.3, 0.4) is 0 Å². The van der Waals surface area contributed by atoms with Crippen LogP contribution in [-0.2, 0) is 15.1 Å². The second-order valence-corrected chi connectivity index (χ2v) is 27.7. The van der Waals surface area contributed by atoms with Gasteiger partial charge in [-0.15, -0.1) is 0 Å². The Morgan fingerprint density at radius 2 is 1.50 bits per heavy atom. The molecule has 10 heteroatoms. The van der Waals surface area contributed by atoms with E-state index in [9.17, 15) is 5.11 Å². The molecule has 2 aliphatic rings. The number of aliphatic hydroxyl groups is 1. The van der Waals surface area contributed by atoms with Crippen LogP contribution in [0.15, 0.2) is 30.6 Å². The standard InChI is InChI=1S/C36H59N5O3Si2/c1-9-36(42,10-2)33-14-13-29(23-37-33)31-24-38-41-34(22-32(39-35(31)41)30-20-27-11-12-28(19-27)21-30)40(25-43-15-17-45(3,4)5)26-44-16-18-46(6,7)8/h13-14,22-24,27-28,30,42H,9-12,15-21,25-26H2,1-8H3/t27-,28+,30+. The molecule has 5 rings (SSSR count). The van der Waals surface area contributed by atoms with Crippen LogP contribution in [0.1, 0.15) is 76.1 Å². The Morgan fingerprint density at radius 3 is 2.02 bits per heavy atom. The van der Waals surface area contributed by atoms with Crippen molar-refractivity contribution < 1.29 is 14.6 Å². The molecule has 3 atom stereocenters. The van der Waals surface area contributed by atoms with E-state index in [1.165, 1.54) is 32.1 Å². The molecule has 2 bridgehead atoms. The van der Waals surface area contributed by atoms with E-state index in [0.717, 1.165) is 65.4 Å². The summed E-state index contributed by atoms with van der Waals surface area (Å²) in [6.07, 6.45) is 11.6. The molecule has 3 aromatic heterocycles. The predicted octanol–water partition coefficient (Wildman–Crippen LogP) is 8.52. The summed E-state index contributed by atoms with van der Waals surface area (Å²) in [4.78, 5) is 12.3. The molecular weight excluding hydrogens is 607 g/mol. The molecule has 3 heterocycles. The van der Waals surface area contributed by atoms with Gasteiger partial charge in [0.25, 0.3) is 0 Å². The number of pyridine rings is 1. The van der Waals surface area contributed by atoms with Gasteiger partial charge in [0.15, 0.2) is 5.65 Å². The summed E-state index contributed by atoms with van der Waals surface area (Å²) in [5, 5.41) is 16.0. The average molecular weight is 666 g/mol. The van der Waals surface area contributed by atoms with Gasteiger partial charge in [-0.25, -0.2) is 4.98 Å². The zero-order chi connectivity index (χ0) is 33.1. The summed E-state index contributed by atoms with van der Waals surface area (Å²) in [6, 6.07) is 8.53. The summed E-state index contributed by atoms with van der Waals surface area (Å²) in [5.74, 6) is 3.05. The molecule has 8 nitrogen and oxygen atoms in total. The van der Waals surface area contributed by atoms with Gasteiger partial charge in [-0.2, -0.15) is 9.61 Å². The lowest BCUT2D eigenvalue weighted by Crippen LogP contribution is -2.33. The molecule has 2 fully saturated rings. The van der Waals surface area contributed by atoms with E-state index in [1.54, 1.807) is 0 Å². The molecule has 1 N–H and O–H groups in total. The van der Waals surface area contributed by atoms with Gasteiger partial charge in [0.1, 0.15) is 24.9 Å². The van der Waals surface area contributed by atoms with Gasteiger partial charge in [0.05, 0.1) is 11.9 Å². The van der Waals surface area contributed by atoms with E-state index in [2.05, 4.69) is 56.3 Å². The van der Waals surface area contributed by atoms with Crippen LogP contribution in [0.4, 0.5) is 5.82 Å². The molecule has 2 aliphatic carbocycles. The largest absolute Gasteiger partial charge is 0.384 e. The third kappa shape index (κ3) is 8.67. The first-order valence-electron chi connectivity index (χ1n) is 17.8. The lowest BCUT2D eigenvalue weighted by Gasteiger charge is -2.30. The van der Waals surface area contributed by atoms with Crippen molar-refractivity contribution in [3.63, 3.8) is 0 Å². The van der Waals surface area contributed by atoms with Crippen LogP contribution in [0, 0.1) is 11.8 Å². The Kier molecular flexibility index (Phi) is 11.1. The van der Waals surface area contributed by atoms with Crippen LogP contribution in [0.5, 0.6) is 0 Å². The van der Waals surface area contributed by atoms with Gasteiger partial charge in [-0.1, -0.05) is 72.0 Å². The number of hydrogen-bond acceptors (Lipinski definition) is 7. The van der Waals surface area contributed by atoms with Crippen molar-refractivity contribution in [2.45, 2.75) is 122 Å². The highest BCUT2D eigenvalue weighted by atomic mass is 28.3. The fourth-order valence-corrected chi connectivity index (χ4v) is 8.58. The average Bonchev–Trinajstić information content (AvgIpc) is 3.60. The molecule has 0 saturated heterocycles. The maximum atomic E-state index is 11.1. The highest BCUT2D eigenvalue weighted by Gasteiger charge is 2.36. The summed E-state index contributed by atoms with van der Waals surface area (Å²) in [7, 11) is -2.44. The molecule has 254 valence electrons. The molecule has 0 spiro atoms. The minimum atomic E-state index is -1.22. The van der Waals surface area contributed by atoms with E-state index in [1.807, 2.05) is 36.8 Å². The minimum Gasteiger partial charge on any atom is -0.384 e. The first-order chi connectivity index (χ1) is 21.8. The van der Waals surface area contributed by atoms with Crippen molar-refractivity contribution in [2.24, 2.45) is 11.8 Å². The van der Waals surface area contributed by atoms with E-state index >= 15 is 0 Å². The first-order valence-corrected chi connectivity index (χ1v) is 25.2. The number of nitrogens with zero attached hydrogens (tertiary/aromatic N) is 5. The van der Waals surface area contributed by atoms with Gasteiger partial charge in [0.2, 0.25) is 0 Å². The molecular formula is C36H59N5O3Si2. The van der Waals surface area contributed by atoms with Gasteiger partial charge >= 0.3 is 0 Å². The lowest BCUT2D eigenvalue weighted by atomic mass is 9.79. The Labute approximate surface area is 279 Å². The maximum absolute atomic E-state index is 11.1. The summed E-state index contributed by atoms with van der Waals surface area (Å²) in [6.45, 7) is 20.7. The number of fused-ring (bicyclic) bond motifs is 3. The number of anilines is 1. The molecule has 0 aromatic carbocycles. The summed E-state index contributed by atoms with van der Waals surface area (Å²) < 4.78 is 14.7. The van der Waals surface area contributed by atoms with E-state index in [0.29, 0.717) is 37.9 Å². The molecule has 46 heavy (non-hydrogen) atoms. The molecule has 2 saturated carbocycles. The van der Waals surface area contributed by atoms with Gasteiger partial charge in [0, 0.05) is 64.4 Å². The van der Waals surface area contributed by atoms with Crippen LogP contribution in [0.2, 0.25) is 51.4 Å². The number of ether oxygens (including phenoxy) is 2. The molecule has 0 amide bonds. The van der Waals surface area contributed by atoms with Crippen molar-refractivity contribution in [2.75, 3.05) is 31.6 Å². The van der Waals surface area contributed by atoms with E-state index < -0.39 is 21.7 Å². The van der Waals surface area contributed by atoms with Gasteiger partial charge < -0.3 is 19.5 Å². The van der Waals surface area contributed by atoms with Crippen molar-refractivity contribution in [3.8, 4) is 11.1 Å². The van der Waals surface area contributed by atoms with E-state index in [-0.39, 0.29) is 0 Å². The van der Waals surface area contributed by atoms with Crippen LogP contribution in [-0.4, -0.2) is 67.5 Å². The normalized spacial score (nSPS) is 20.5. The van der Waals surface area contributed by atoms with Crippen molar-refractivity contribution in [1.82, 2.24) is 19.6 Å². The van der Waals surface area contributed by atoms with Crippen molar-refractivity contribution in [3.05, 3.63) is 42.0 Å².